The largest absolute Gasteiger partial charge is 0.456 e. The summed E-state index contributed by atoms with van der Waals surface area (Å²) in [5.41, 5.74) is 31.3. The Morgan fingerprint density at radius 2 is 0.451 bits per heavy atom. The van der Waals surface area contributed by atoms with Crippen molar-refractivity contribution in [2.45, 2.75) is 0 Å². The Bertz CT molecular complexity index is 7990. The number of anilines is 6. The van der Waals surface area contributed by atoms with Crippen LogP contribution in [0.5, 0.6) is 0 Å². The number of benzene rings is 20. The van der Waals surface area contributed by atoms with E-state index in [4.69, 9.17) is 8.83 Å². The van der Waals surface area contributed by atoms with Crippen molar-refractivity contribution in [2.75, 3.05) is 9.80 Å². The molecular weight excluding hydrogens is 1480 g/mol. The molecule has 0 spiro atoms. The fourth-order valence-corrected chi connectivity index (χ4v) is 18.6. The molecule has 0 saturated carbocycles. The molecule has 20 aromatic carbocycles. The van der Waals surface area contributed by atoms with Crippen molar-refractivity contribution in [2.24, 2.45) is 0 Å². The number of hydrogen-bond donors (Lipinski definition) is 0. The van der Waals surface area contributed by atoms with Crippen molar-refractivity contribution in [3.63, 3.8) is 0 Å². The van der Waals surface area contributed by atoms with Crippen LogP contribution in [0.25, 0.3) is 187 Å². The molecule has 4 aromatic heterocycles. The van der Waals surface area contributed by atoms with Gasteiger partial charge in [0.05, 0.1) is 22.1 Å². The van der Waals surface area contributed by atoms with Gasteiger partial charge < -0.3 is 27.8 Å². The Balaban J connectivity index is 0.000000142. The predicted octanol–water partition coefficient (Wildman–Crippen LogP) is 32.6. The molecule has 572 valence electrons. The Hall–Kier alpha value is -16.3. The molecule has 0 amide bonds. The van der Waals surface area contributed by atoms with Gasteiger partial charge in [-0.25, -0.2) is 0 Å². The van der Waals surface area contributed by atoms with E-state index >= 15 is 0 Å². The molecule has 0 N–H and O–H groups in total. The molecule has 0 unspecified atom stereocenters. The van der Waals surface area contributed by atoms with Crippen LogP contribution in [0.3, 0.4) is 0 Å². The lowest BCUT2D eigenvalue weighted by Gasteiger charge is -2.27. The van der Waals surface area contributed by atoms with Crippen molar-refractivity contribution >= 4 is 143 Å². The molecule has 0 aliphatic heterocycles. The lowest BCUT2D eigenvalue weighted by molar-refractivity contribution is 0.668. The van der Waals surface area contributed by atoms with Crippen LogP contribution in [-0.4, -0.2) is 9.13 Å². The molecule has 6 nitrogen and oxygen atoms in total. The average molecular weight is 1560 g/mol. The first-order chi connectivity index (χ1) is 60.5. The molecule has 0 saturated heterocycles. The van der Waals surface area contributed by atoms with Crippen LogP contribution in [0.1, 0.15) is 0 Å². The number of nitrogens with zero attached hydrogens (tertiary/aromatic N) is 4. The van der Waals surface area contributed by atoms with Gasteiger partial charge in [0, 0.05) is 88.6 Å². The van der Waals surface area contributed by atoms with Crippen molar-refractivity contribution in [1.82, 2.24) is 9.13 Å². The predicted molar refractivity (Wildman–Crippen MR) is 513 cm³/mol. The summed E-state index contributed by atoms with van der Waals surface area (Å²) < 4.78 is 17.2. The highest BCUT2D eigenvalue weighted by Gasteiger charge is 2.22. The lowest BCUT2D eigenvalue weighted by atomic mass is 9.97. The average Bonchev–Trinajstić information content (AvgIpc) is 1.59. The molecule has 0 radical (unpaired) electrons. The molecule has 6 heteroatoms. The third-order valence-corrected chi connectivity index (χ3v) is 24.4. The Morgan fingerprint density at radius 3 is 0.885 bits per heavy atom. The summed E-state index contributed by atoms with van der Waals surface area (Å²) in [6.07, 6.45) is 0. The monoisotopic (exact) mass is 1560 g/mol. The third kappa shape index (κ3) is 12.6. The van der Waals surface area contributed by atoms with Crippen LogP contribution in [0.15, 0.2) is 470 Å². The summed E-state index contributed by atoms with van der Waals surface area (Å²) in [4.78, 5) is 4.73. The highest BCUT2D eigenvalue weighted by atomic mass is 16.3. The quantitative estimate of drug-likeness (QED) is 0.109. The van der Waals surface area contributed by atoms with Crippen molar-refractivity contribution < 1.29 is 8.83 Å². The highest BCUT2D eigenvalue weighted by molar-refractivity contribution is 6.15. The van der Waals surface area contributed by atoms with E-state index in [1.807, 2.05) is 24.3 Å². The van der Waals surface area contributed by atoms with Crippen LogP contribution in [0.2, 0.25) is 0 Å². The maximum atomic E-state index is 6.20. The highest BCUT2D eigenvalue weighted by Crippen LogP contribution is 2.46. The topological polar surface area (TPSA) is 42.6 Å². The zero-order chi connectivity index (χ0) is 80.6. The van der Waals surface area contributed by atoms with Gasteiger partial charge in [-0.2, -0.15) is 0 Å². The van der Waals surface area contributed by atoms with Gasteiger partial charge >= 0.3 is 0 Å². The van der Waals surface area contributed by atoms with Crippen molar-refractivity contribution in [3.05, 3.63) is 461 Å². The van der Waals surface area contributed by atoms with E-state index in [1.165, 1.54) is 121 Å². The first-order valence-electron chi connectivity index (χ1n) is 41.7. The van der Waals surface area contributed by atoms with Gasteiger partial charge in [-0.1, -0.05) is 322 Å². The van der Waals surface area contributed by atoms with Crippen molar-refractivity contribution in [1.29, 1.82) is 0 Å². The maximum absolute atomic E-state index is 6.20. The molecule has 4 heterocycles. The van der Waals surface area contributed by atoms with Crippen LogP contribution in [0, 0.1) is 0 Å². The zero-order valence-corrected chi connectivity index (χ0v) is 66.5. The first kappa shape index (κ1) is 71.1. The molecule has 0 fully saturated rings. The fraction of sp³-hybridized carbons (Fsp3) is 0. The van der Waals surface area contributed by atoms with E-state index in [2.05, 4.69) is 456 Å². The van der Waals surface area contributed by atoms with Gasteiger partial charge in [-0.15, -0.1) is 0 Å². The van der Waals surface area contributed by atoms with E-state index in [-0.39, 0.29) is 0 Å². The standard InChI is InChI=1S/2C58H38N2O/c1-2-16-48-41(12-1)13-9-20-49(48)42-32-36-45(37-33-42)59(46-14-10-15-47(38-46)60-54-22-6-3-17-51(54)52-18-4-7-23-55(52)60)44-34-30-40(31-35-44)39-26-28-43(29-27-39)50-21-11-25-57-58(50)53-19-5-8-24-56(53)61-57;1-2-12-44-37-45(28-25-39(44)11-1)42-31-35-47(36-32-42)59(48-13-9-14-49(38-48)60-54-19-6-3-15-51(54)52-16-4-7-20-55(52)60)46-33-29-41(30-34-46)40-23-26-43(27-24-40)50-18-10-22-57-58(50)53-17-5-8-21-56(53)61-57/h2*1-38H. The van der Waals surface area contributed by atoms with Gasteiger partial charge in [-0.3, -0.25) is 0 Å². The number of aromatic nitrogens is 2. The molecular formula is C116H76N4O2. The number of furan rings is 2. The molecule has 24 aromatic rings. The maximum Gasteiger partial charge on any atom is 0.136 e. The van der Waals surface area contributed by atoms with Gasteiger partial charge in [0.25, 0.3) is 0 Å². The lowest BCUT2D eigenvalue weighted by Crippen LogP contribution is -2.10. The minimum atomic E-state index is 0.909. The summed E-state index contributed by atoms with van der Waals surface area (Å²) in [7, 11) is 0. The number of para-hydroxylation sites is 6. The Kier molecular flexibility index (Phi) is 17.5. The third-order valence-electron chi connectivity index (χ3n) is 24.4. The van der Waals surface area contributed by atoms with Gasteiger partial charge in [0.1, 0.15) is 22.3 Å². The molecule has 0 bridgehead atoms. The Morgan fingerprint density at radius 1 is 0.164 bits per heavy atom. The number of rotatable bonds is 14. The minimum absolute atomic E-state index is 0.909. The smallest absolute Gasteiger partial charge is 0.136 e. The normalized spacial score (nSPS) is 11.6. The summed E-state index contributed by atoms with van der Waals surface area (Å²) in [6.45, 7) is 0. The van der Waals surface area contributed by atoms with Gasteiger partial charge in [0.15, 0.2) is 0 Å². The van der Waals surface area contributed by atoms with E-state index in [1.54, 1.807) is 0 Å². The summed E-state index contributed by atoms with van der Waals surface area (Å²) in [6, 6.07) is 166. The summed E-state index contributed by atoms with van der Waals surface area (Å²) in [5.74, 6) is 0. The molecule has 0 aliphatic carbocycles. The van der Waals surface area contributed by atoms with Gasteiger partial charge in [-0.05, 0) is 228 Å². The van der Waals surface area contributed by atoms with Crippen LogP contribution in [0.4, 0.5) is 34.1 Å². The number of fused-ring (bicyclic) bond motifs is 14. The van der Waals surface area contributed by atoms with E-state index in [0.717, 1.165) is 101 Å². The second-order valence-electron chi connectivity index (χ2n) is 31.4. The van der Waals surface area contributed by atoms with Crippen molar-refractivity contribution in [3.8, 4) is 78.1 Å². The SMILES string of the molecule is c1cc(N(c2ccc(-c3ccc(-c4cccc5oc6ccccc6c45)cc3)cc2)c2ccc(-c3ccc4ccccc4c3)cc2)cc(-n2c3ccccc3c3ccccc32)c1.c1cc(N(c2ccc(-c3ccc(-c4cccc5oc6ccccc6c45)cc3)cc2)c2ccc(-c3cccc4ccccc34)cc2)cc(-n2c3ccccc3c3ccccc32)c1. The molecule has 122 heavy (non-hydrogen) atoms. The number of hydrogen-bond acceptors (Lipinski definition) is 4. The summed E-state index contributed by atoms with van der Waals surface area (Å²) >= 11 is 0. The van der Waals surface area contributed by atoms with E-state index < -0.39 is 0 Å². The Labute approximate surface area is 705 Å². The second-order valence-corrected chi connectivity index (χ2v) is 31.4. The van der Waals surface area contributed by atoms with E-state index in [0.29, 0.717) is 0 Å². The second kappa shape index (κ2) is 30.0. The van der Waals surface area contributed by atoms with Crippen LogP contribution < -0.4 is 9.80 Å². The van der Waals surface area contributed by atoms with Crippen LogP contribution in [-0.2, 0) is 0 Å². The van der Waals surface area contributed by atoms with Gasteiger partial charge in [0.2, 0.25) is 0 Å². The van der Waals surface area contributed by atoms with E-state index in [9.17, 15) is 0 Å². The first-order valence-corrected chi connectivity index (χ1v) is 41.7. The molecule has 0 atom stereocenters. The molecule has 24 rings (SSSR count). The fourth-order valence-electron chi connectivity index (χ4n) is 18.6. The minimum Gasteiger partial charge on any atom is -0.456 e. The zero-order valence-electron chi connectivity index (χ0n) is 66.5. The molecule has 0 aliphatic rings. The van der Waals surface area contributed by atoms with Crippen LogP contribution >= 0.6 is 0 Å². The summed E-state index contributed by atoms with van der Waals surface area (Å²) in [5, 5.41) is 14.6.